The van der Waals surface area contributed by atoms with Crippen LogP contribution in [0.1, 0.15) is 43.7 Å². The van der Waals surface area contributed by atoms with Crippen molar-refractivity contribution < 1.29 is 27.2 Å². The minimum Gasteiger partial charge on any atom is -0.342 e. The van der Waals surface area contributed by atoms with Crippen molar-refractivity contribution in [1.29, 1.82) is 0 Å². The lowest BCUT2D eigenvalue weighted by molar-refractivity contribution is -0.137. The number of carbonyl (C=O) groups is 2. The standard InChI is InChI=1S/C22H15ClF4N8O2S/c1-10(33-19(36)14-5-18(32-9-31-14)34-11-2-3-16(24)28-6-11)21-30-8-15(38-21)20(37)35-17-4-12(22(25,26)27)13(23)7-29-17/h2-10H,1H3,(H,33,36)(H,29,35,37)(H,31,32,34). The van der Waals surface area contributed by atoms with Crippen LogP contribution in [0.5, 0.6) is 0 Å². The molecule has 196 valence electrons. The Morgan fingerprint density at radius 2 is 1.76 bits per heavy atom. The number of hydrogen-bond donors (Lipinski definition) is 3. The summed E-state index contributed by atoms with van der Waals surface area (Å²) in [5, 5.41) is 7.59. The van der Waals surface area contributed by atoms with Crippen molar-refractivity contribution in [3.8, 4) is 0 Å². The molecule has 0 aliphatic rings. The summed E-state index contributed by atoms with van der Waals surface area (Å²) in [7, 11) is 0. The number of thiazole rings is 1. The van der Waals surface area contributed by atoms with Gasteiger partial charge in [0, 0.05) is 12.3 Å². The number of nitrogens with one attached hydrogen (secondary N) is 3. The van der Waals surface area contributed by atoms with Crippen LogP contribution in [0.15, 0.2) is 49.2 Å². The van der Waals surface area contributed by atoms with Gasteiger partial charge in [-0.15, -0.1) is 11.3 Å². The second-order valence-electron chi connectivity index (χ2n) is 7.54. The SMILES string of the molecule is CC(NC(=O)c1cc(Nc2ccc(F)nc2)ncn1)c1ncc(C(=O)Nc2cc(C(F)(F)F)c(Cl)cn2)s1. The number of nitrogens with zero attached hydrogens (tertiary/aromatic N) is 5. The van der Waals surface area contributed by atoms with Crippen LogP contribution in [0.25, 0.3) is 0 Å². The molecule has 4 aromatic heterocycles. The Labute approximate surface area is 220 Å². The molecule has 0 spiro atoms. The van der Waals surface area contributed by atoms with E-state index in [1.165, 1.54) is 30.9 Å². The van der Waals surface area contributed by atoms with Crippen LogP contribution in [0.3, 0.4) is 0 Å². The molecule has 16 heteroatoms. The van der Waals surface area contributed by atoms with E-state index < -0.39 is 40.6 Å². The molecule has 0 aromatic carbocycles. The topological polar surface area (TPSA) is 135 Å². The highest BCUT2D eigenvalue weighted by Gasteiger charge is 2.34. The predicted molar refractivity (Wildman–Crippen MR) is 130 cm³/mol. The zero-order valence-electron chi connectivity index (χ0n) is 19.0. The van der Waals surface area contributed by atoms with Crippen molar-refractivity contribution in [3.63, 3.8) is 0 Å². The number of alkyl halides is 3. The molecular formula is C22H15ClF4N8O2S. The Morgan fingerprint density at radius 1 is 0.974 bits per heavy atom. The van der Waals surface area contributed by atoms with Gasteiger partial charge in [-0.3, -0.25) is 9.59 Å². The predicted octanol–water partition coefficient (Wildman–Crippen LogP) is 5.02. The number of hydrogen-bond acceptors (Lipinski definition) is 9. The fraction of sp³-hybridized carbons (Fsp3) is 0.136. The van der Waals surface area contributed by atoms with Crippen LogP contribution < -0.4 is 16.0 Å². The van der Waals surface area contributed by atoms with E-state index in [1.54, 1.807) is 6.92 Å². The monoisotopic (exact) mass is 566 g/mol. The quantitative estimate of drug-likeness (QED) is 0.210. The van der Waals surface area contributed by atoms with Gasteiger partial charge < -0.3 is 16.0 Å². The lowest BCUT2D eigenvalue weighted by Crippen LogP contribution is -2.27. The van der Waals surface area contributed by atoms with E-state index in [0.717, 1.165) is 23.6 Å². The molecule has 1 atom stereocenters. The number of aromatic nitrogens is 5. The minimum absolute atomic E-state index is 0.0215. The van der Waals surface area contributed by atoms with Gasteiger partial charge in [0.2, 0.25) is 5.95 Å². The molecule has 0 aliphatic heterocycles. The highest BCUT2D eigenvalue weighted by molar-refractivity contribution is 7.13. The van der Waals surface area contributed by atoms with E-state index in [4.69, 9.17) is 11.6 Å². The first kappa shape index (κ1) is 26.8. The third kappa shape index (κ3) is 6.54. The maximum Gasteiger partial charge on any atom is 0.418 e. The van der Waals surface area contributed by atoms with Gasteiger partial charge in [0.05, 0.1) is 34.7 Å². The van der Waals surface area contributed by atoms with Crippen molar-refractivity contribution in [3.05, 3.63) is 81.3 Å². The van der Waals surface area contributed by atoms with Crippen molar-refractivity contribution in [2.45, 2.75) is 19.1 Å². The van der Waals surface area contributed by atoms with Gasteiger partial charge in [0.15, 0.2) is 0 Å². The first-order valence-corrected chi connectivity index (χ1v) is 11.7. The molecule has 4 heterocycles. The molecule has 38 heavy (non-hydrogen) atoms. The van der Waals surface area contributed by atoms with E-state index >= 15 is 0 Å². The molecule has 0 saturated heterocycles. The van der Waals surface area contributed by atoms with Gasteiger partial charge >= 0.3 is 6.18 Å². The third-order valence-corrected chi connectivity index (χ3v) is 6.25. The number of amides is 2. The minimum atomic E-state index is -4.72. The maximum absolute atomic E-state index is 13.0. The molecule has 0 aliphatic carbocycles. The van der Waals surface area contributed by atoms with E-state index in [9.17, 15) is 27.2 Å². The molecule has 0 fully saturated rings. The normalized spacial score (nSPS) is 12.1. The molecular weight excluding hydrogens is 552 g/mol. The van der Waals surface area contributed by atoms with Crippen LogP contribution in [-0.4, -0.2) is 36.7 Å². The fourth-order valence-corrected chi connectivity index (χ4v) is 4.00. The average Bonchev–Trinajstić information content (AvgIpc) is 3.37. The second-order valence-corrected chi connectivity index (χ2v) is 9.01. The highest BCUT2D eigenvalue weighted by Crippen LogP contribution is 2.35. The Balaban J connectivity index is 1.39. The Morgan fingerprint density at radius 3 is 2.47 bits per heavy atom. The van der Waals surface area contributed by atoms with Crippen molar-refractivity contribution in [2.75, 3.05) is 10.6 Å². The first-order chi connectivity index (χ1) is 18.0. The van der Waals surface area contributed by atoms with Crippen LogP contribution in [0, 0.1) is 5.95 Å². The second kappa shape index (κ2) is 11.0. The van der Waals surface area contributed by atoms with E-state index in [0.29, 0.717) is 16.8 Å². The molecule has 0 saturated carbocycles. The van der Waals surface area contributed by atoms with Crippen molar-refractivity contribution >= 4 is 52.1 Å². The number of halogens is 5. The van der Waals surface area contributed by atoms with Crippen LogP contribution >= 0.6 is 22.9 Å². The largest absolute Gasteiger partial charge is 0.418 e. The average molecular weight is 567 g/mol. The molecule has 3 N–H and O–H groups in total. The summed E-state index contributed by atoms with van der Waals surface area (Å²) >= 11 is 6.47. The number of anilines is 3. The summed E-state index contributed by atoms with van der Waals surface area (Å²) in [6, 6.07) is 3.96. The molecule has 10 nitrogen and oxygen atoms in total. The van der Waals surface area contributed by atoms with Gasteiger partial charge in [-0.25, -0.2) is 24.9 Å². The summed E-state index contributed by atoms with van der Waals surface area (Å²) in [6.45, 7) is 1.62. The van der Waals surface area contributed by atoms with Crippen molar-refractivity contribution in [1.82, 2.24) is 30.2 Å². The smallest absolute Gasteiger partial charge is 0.342 e. The summed E-state index contributed by atoms with van der Waals surface area (Å²) in [4.78, 5) is 44.6. The van der Waals surface area contributed by atoms with E-state index in [1.807, 2.05) is 0 Å². The van der Waals surface area contributed by atoms with Crippen molar-refractivity contribution in [2.24, 2.45) is 0 Å². The van der Waals surface area contributed by atoms with Gasteiger partial charge in [-0.2, -0.15) is 17.6 Å². The molecule has 4 aromatic rings. The van der Waals surface area contributed by atoms with E-state index in [-0.39, 0.29) is 22.2 Å². The van der Waals surface area contributed by atoms with Gasteiger partial charge in [0.1, 0.15) is 33.5 Å². The van der Waals surface area contributed by atoms with Crippen LogP contribution in [0.4, 0.5) is 34.9 Å². The molecule has 1 unspecified atom stereocenters. The Kier molecular flexibility index (Phi) is 7.78. The molecule has 0 bridgehead atoms. The highest BCUT2D eigenvalue weighted by atomic mass is 35.5. The first-order valence-electron chi connectivity index (χ1n) is 10.5. The van der Waals surface area contributed by atoms with Gasteiger partial charge in [0.25, 0.3) is 11.8 Å². The summed E-state index contributed by atoms with van der Waals surface area (Å²) in [5.41, 5.74) is -0.668. The summed E-state index contributed by atoms with van der Waals surface area (Å²) < 4.78 is 52.1. The third-order valence-electron chi connectivity index (χ3n) is 4.77. The maximum atomic E-state index is 13.0. The van der Waals surface area contributed by atoms with Gasteiger partial charge in [-0.1, -0.05) is 11.6 Å². The molecule has 2 amide bonds. The van der Waals surface area contributed by atoms with Crippen LogP contribution in [0.2, 0.25) is 5.02 Å². The fourth-order valence-electron chi connectivity index (χ4n) is 2.97. The zero-order chi connectivity index (χ0) is 27.4. The number of carbonyl (C=O) groups excluding carboxylic acids is 2. The number of rotatable bonds is 7. The zero-order valence-corrected chi connectivity index (χ0v) is 20.6. The Hall–Kier alpha value is -4.24. The summed E-state index contributed by atoms with van der Waals surface area (Å²) in [6.07, 6.45) is -0.279. The lowest BCUT2D eigenvalue weighted by atomic mass is 10.2. The number of pyridine rings is 2. The molecule has 0 radical (unpaired) electrons. The van der Waals surface area contributed by atoms with E-state index in [2.05, 4.69) is 40.9 Å². The van der Waals surface area contributed by atoms with Crippen LogP contribution in [-0.2, 0) is 6.18 Å². The summed E-state index contributed by atoms with van der Waals surface area (Å²) in [5.74, 6) is -2.02. The lowest BCUT2D eigenvalue weighted by Gasteiger charge is -2.11. The molecule has 4 rings (SSSR count). The van der Waals surface area contributed by atoms with Gasteiger partial charge in [-0.05, 0) is 25.1 Å². The Bertz CT molecular complexity index is 1480.